The molecule has 0 unspecified atom stereocenters. The average Bonchev–Trinajstić information content (AvgIpc) is 2.69. The Morgan fingerprint density at radius 3 is 2.66 bits per heavy atom. The number of piperidine rings is 1. The average molecular weight is 414 g/mol. The van der Waals surface area contributed by atoms with E-state index < -0.39 is 5.97 Å². The van der Waals surface area contributed by atoms with Crippen molar-refractivity contribution in [1.29, 1.82) is 0 Å². The predicted octanol–water partition coefficient (Wildman–Crippen LogP) is 3.80. The van der Waals surface area contributed by atoms with Crippen molar-refractivity contribution in [2.45, 2.75) is 44.5 Å². The van der Waals surface area contributed by atoms with Gasteiger partial charge >= 0.3 is 5.97 Å². The topological polar surface area (TPSA) is 72.4 Å². The molecule has 1 aliphatic rings. The van der Waals surface area contributed by atoms with Crippen LogP contribution in [0.2, 0.25) is 0 Å². The number of hydrogen-bond donors (Lipinski definition) is 0. The number of carbonyl (C=O) groups is 2. The van der Waals surface area contributed by atoms with E-state index in [1.165, 1.54) is 11.8 Å². The van der Waals surface area contributed by atoms with Gasteiger partial charge in [0.2, 0.25) is 0 Å². The molecule has 1 atom stereocenters. The van der Waals surface area contributed by atoms with Crippen LogP contribution < -0.4 is 0 Å². The molecule has 6 nitrogen and oxygen atoms in total. The second-order valence-corrected chi connectivity index (χ2v) is 8.48. The van der Waals surface area contributed by atoms with Crippen LogP contribution in [0.15, 0.2) is 35.5 Å². The van der Waals surface area contributed by atoms with Crippen molar-refractivity contribution in [3.8, 4) is 0 Å². The van der Waals surface area contributed by atoms with E-state index in [0.29, 0.717) is 22.4 Å². The number of nitrogens with zero attached hydrogens (tertiary/aromatic N) is 3. The fourth-order valence-electron chi connectivity index (χ4n) is 3.46. The van der Waals surface area contributed by atoms with Gasteiger partial charge in [-0.05, 0) is 50.3 Å². The third-order valence-electron chi connectivity index (χ3n) is 4.89. The van der Waals surface area contributed by atoms with E-state index in [4.69, 9.17) is 4.74 Å². The lowest BCUT2D eigenvalue weighted by molar-refractivity contribution is -0.136. The van der Waals surface area contributed by atoms with Crippen molar-refractivity contribution in [3.05, 3.63) is 52.8 Å². The maximum absolute atomic E-state index is 12.6. The molecule has 0 bridgehead atoms. The van der Waals surface area contributed by atoms with Crippen LogP contribution in [0.3, 0.4) is 0 Å². The first-order valence-corrected chi connectivity index (χ1v) is 10.9. The molecule has 0 aliphatic carbocycles. The number of amides is 1. The number of rotatable bonds is 6. The summed E-state index contributed by atoms with van der Waals surface area (Å²) in [6.07, 6.45) is 2.14. The van der Waals surface area contributed by atoms with Crippen molar-refractivity contribution in [2.75, 3.05) is 19.7 Å². The largest absolute Gasteiger partial charge is 0.452 e. The molecule has 1 fully saturated rings. The molecule has 7 heteroatoms. The first-order valence-electron chi connectivity index (χ1n) is 9.90. The fourth-order valence-corrected chi connectivity index (χ4v) is 4.41. The third kappa shape index (κ3) is 6.03. The Kier molecular flexibility index (Phi) is 7.25. The standard InChI is InChI=1S/C22H27N3O3S/c1-15-7-6-10-25(12-15)20(26)13-28-21(27)19-9-5-4-8-18(19)14-29-22-23-16(2)11-17(3)24-22/h4-5,8-9,11,15H,6-7,10,12-14H2,1-3H3/t15-/m0/s1. The highest BCUT2D eigenvalue weighted by molar-refractivity contribution is 7.98. The van der Waals surface area contributed by atoms with E-state index >= 15 is 0 Å². The molecular weight excluding hydrogens is 386 g/mol. The number of aryl methyl sites for hydroxylation is 2. The van der Waals surface area contributed by atoms with Crippen molar-refractivity contribution in [3.63, 3.8) is 0 Å². The Morgan fingerprint density at radius 1 is 1.21 bits per heavy atom. The van der Waals surface area contributed by atoms with Crippen molar-refractivity contribution < 1.29 is 14.3 Å². The van der Waals surface area contributed by atoms with Crippen LogP contribution in [0.1, 0.15) is 47.1 Å². The molecule has 0 N–H and O–H groups in total. The van der Waals surface area contributed by atoms with Crippen molar-refractivity contribution in [1.82, 2.24) is 14.9 Å². The van der Waals surface area contributed by atoms with Crippen LogP contribution in [0, 0.1) is 19.8 Å². The van der Waals surface area contributed by atoms with Crippen LogP contribution in [-0.2, 0) is 15.3 Å². The van der Waals surface area contributed by atoms with Gasteiger partial charge in [0.1, 0.15) is 0 Å². The van der Waals surface area contributed by atoms with Gasteiger partial charge in [0, 0.05) is 30.2 Å². The maximum atomic E-state index is 12.6. The third-order valence-corrected chi connectivity index (χ3v) is 5.79. The summed E-state index contributed by atoms with van der Waals surface area (Å²) in [6.45, 7) is 7.27. The zero-order valence-electron chi connectivity index (χ0n) is 17.2. The molecule has 1 aliphatic heterocycles. The highest BCUT2D eigenvalue weighted by Gasteiger charge is 2.22. The van der Waals surface area contributed by atoms with Gasteiger partial charge in [-0.25, -0.2) is 14.8 Å². The van der Waals surface area contributed by atoms with Gasteiger partial charge in [-0.15, -0.1) is 0 Å². The molecule has 29 heavy (non-hydrogen) atoms. The molecular formula is C22H27N3O3S. The van der Waals surface area contributed by atoms with E-state index in [9.17, 15) is 9.59 Å². The minimum absolute atomic E-state index is 0.125. The highest BCUT2D eigenvalue weighted by Crippen LogP contribution is 2.23. The zero-order chi connectivity index (χ0) is 20.8. The maximum Gasteiger partial charge on any atom is 0.338 e. The first-order chi connectivity index (χ1) is 13.9. The summed E-state index contributed by atoms with van der Waals surface area (Å²) >= 11 is 1.48. The number of aromatic nitrogens is 2. The second-order valence-electron chi connectivity index (χ2n) is 7.54. The number of benzene rings is 1. The van der Waals surface area contributed by atoms with Crippen LogP contribution in [0.4, 0.5) is 0 Å². The molecule has 3 rings (SSSR count). The van der Waals surface area contributed by atoms with Gasteiger partial charge in [-0.2, -0.15) is 0 Å². The lowest BCUT2D eigenvalue weighted by atomic mass is 10.0. The Bertz CT molecular complexity index is 867. The van der Waals surface area contributed by atoms with Gasteiger partial charge in [0.15, 0.2) is 11.8 Å². The lowest BCUT2D eigenvalue weighted by Crippen LogP contribution is -2.41. The molecule has 2 aromatic rings. The number of hydrogen-bond acceptors (Lipinski definition) is 6. The summed E-state index contributed by atoms with van der Waals surface area (Å²) in [4.78, 5) is 35.6. The van der Waals surface area contributed by atoms with Gasteiger partial charge < -0.3 is 9.64 Å². The number of thioether (sulfide) groups is 1. The van der Waals surface area contributed by atoms with Crippen molar-refractivity contribution >= 4 is 23.6 Å². The lowest BCUT2D eigenvalue weighted by Gasteiger charge is -2.30. The van der Waals surface area contributed by atoms with Crippen LogP contribution in [0.25, 0.3) is 0 Å². The number of carbonyl (C=O) groups excluding carboxylic acids is 2. The minimum atomic E-state index is -0.471. The Hall–Kier alpha value is -2.41. The van der Waals surface area contributed by atoms with E-state index in [0.717, 1.165) is 42.9 Å². The fraction of sp³-hybridized carbons (Fsp3) is 0.455. The Balaban J connectivity index is 1.60. The summed E-state index contributed by atoms with van der Waals surface area (Å²) < 4.78 is 5.34. The predicted molar refractivity (Wildman–Crippen MR) is 113 cm³/mol. The Morgan fingerprint density at radius 2 is 1.93 bits per heavy atom. The SMILES string of the molecule is Cc1cc(C)nc(SCc2ccccc2C(=O)OCC(=O)N2CCC[C@H](C)C2)n1. The van der Waals surface area contributed by atoms with Gasteiger partial charge in [0.05, 0.1) is 5.56 Å². The first kappa shape index (κ1) is 21.3. The molecule has 1 aromatic heterocycles. The zero-order valence-corrected chi connectivity index (χ0v) is 18.0. The van der Waals surface area contributed by atoms with Crippen LogP contribution in [0.5, 0.6) is 0 Å². The summed E-state index contributed by atoms with van der Waals surface area (Å²) in [7, 11) is 0. The van der Waals surface area contributed by atoms with Gasteiger partial charge in [-0.1, -0.05) is 36.9 Å². The molecule has 1 amide bonds. The van der Waals surface area contributed by atoms with E-state index in [1.54, 1.807) is 17.0 Å². The molecule has 0 radical (unpaired) electrons. The van der Waals surface area contributed by atoms with Crippen LogP contribution in [-0.4, -0.2) is 46.4 Å². The summed E-state index contributed by atoms with van der Waals surface area (Å²) in [5.41, 5.74) is 3.14. The van der Waals surface area contributed by atoms with Gasteiger partial charge in [-0.3, -0.25) is 4.79 Å². The number of likely N-dealkylation sites (tertiary alicyclic amines) is 1. The van der Waals surface area contributed by atoms with E-state index in [2.05, 4.69) is 16.9 Å². The number of esters is 1. The van der Waals surface area contributed by atoms with Crippen LogP contribution >= 0.6 is 11.8 Å². The molecule has 1 aromatic carbocycles. The minimum Gasteiger partial charge on any atom is -0.452 e. The normalized spacial score (nSPS) is 16.5. The van der Waals surface area contributed by atoms with Crippen molar-refractivity contribution in [2.24, 2.45) is 5.92 Å². The Labute approximate surface area is 176 Å². The number of ether oxygens (including phenoxy) is 1. The molecule has 0 saturated carbocycles. The van der Waals surface area contributed by atoms with Gasteiger partial charge in [0.25, 0.3) is 5.91 Å². The monoisotopic (exact) mass is 413 g/mol. The summed E-state index contributed by atoms with van der Waals surface area (Å²) in [6, 6.07) is 9.23. The highest BCUT2D eigenvalue weighted by atomic mass is 32.2. The molecule has 154 valence electrons. The summed E-state index contributed by atoms with van der Waals surface area (Å²) in [5.74, 6) is 0.445. The van der Waals surface area contributed by atoms with E-state index in [1.807, 2.05) is 32.0 Å². The summed E-state index contributed by atoms with van der Waals surface area (Å²) in [5, 5.41) is 0.681. The van der Waals surface area contributed by atoms with E-state index in [-0.39, 0.29) is 12.5 Å². The smallest absolute Gasteiger partial charge is 0.338 e. The second kappa shape index (κ2) is 9.87. The quantitative estimate of drug-likeness (QED) is 0.407. The molecule has 2 heterocycles. The molecule has 1 saturated heterocycles. The molecule has 0 spiro atoms.